The highest BCUT2D eigenvalue weighted by molar-refractivity contribution is 7.98. The minimum absolute atomic E-state index is 0.214. The fraction of sp³-hybridized carbons (Fsp3) is 1.00. The van der Waals surface area contributed by atoms with Gasteiger partial charge in [-0.05, 0) is 26.6 Å². The predicted molar refractivity (Wildman–Crippen MR) is 70.7 cm³/mol. The molecule has 16 heavy (non-hydrogen) atoms. The first-order chi connectivity index (χ1) is 7.37. The molecule has 0 saturated carbocycles. The maximum atomic E-state index is 11.6. The molecule has 2 unspecified atom stereocenters. The van der Waals surface area contributed by atoms with Crippen molar-refractivity contribution >= 4 is 21.6 Å². The molecule has 0 aromatic carbocycles. The Kier molecular flexibility index (Phi) is 4.68. The van der Waals surface area contributed by atoms with Crippen LogP contribution in [0.25, 0.3) is 0 Å². The highest BCUT2D eigenvalue weighted by Gasteiger charge is 2.45. The molecular formula is C10H22N2O2S2. The molecule has 6 heteroatoms. The third-order valence-electron chi connectivity index (χ3n) is 3.56. The summed E-state index contributed by atoms with van der Waals surface area (Å²) in [6.07, 6.45) is 2.73. The molecule has 0 radical (unpaired) electrons. The molecule has 0 bridgehead atoms. The van der Waals surface area contributed by atoms with Crippen molar-refractivity contribution in [3.05, 3.63) is 0 Å². The summed E-state index contributed by atoms with van der Waals surface area (Å²) in [5, 5.41) is 0. The van der Waals surface area contributed by atoms with E-state index in [1.165, 1.54) is 0 Å². The van der Waals surface area contributed by atoms with Gasteiger partial charge in [-0.3, -0.25) is 4.90 Å². The highest BCUT2D eigenvalue weighted by atomic mass is 32.2. The standard InChI is InChI=1S/C10H22N2O2S2/c1-9(6-15-3)12(2)10(7-11)4-5-16(13,14)8-10/h9H,4-8,11H2,1-3H3. The van der Waals surface area contributed by atoms with E-state index in [0.717, 1.165) is 5.75 Å². The number of nitrogens with zero attached hydrogens (tertiary/aromatic N) is 1. The molecule has 2 atom stereocenters. The summed E-state index contributed by atoms with van der Waals surface area (Å²) in [4.78, 5) is 2.16. The Hall–Kier alpha value is 0.220. The summed E-state index contributed by atoms with van der Waals surface area (Å²) in [5.74, 6) is 1.49. The average Bonchev–Trinajstić information content (AvgIpc) is 2.55. The fourth-order valence-corrected chi connectivity index (χ4v) is 5.13. The minimum Gasteiger partial charge on any atom is -0.329 e. The second-order valence-corrected chi connectivity index (χ2v) is 7.78. The van der Waals surface area contributed by atoms with Gasteiger partial charge in [0.25, 0.3) is 0 Å². The molecular weight excluding hydrogens is 244 g/mol. The molecule has 96 valence electrons. The molecule has 1 heterocycles. The zero-order valence-electron chi connectivity index (χ0n) is 10.3. The van der Waals surface area contributed by atoms with Crippen molar-refractivity contribution in [1.29, 1.82) is 0 Å². The van der Waals surface area contributed by atoms with Gasteiger partial charge in [-0.25, -0.2) is 8.42 Å². The van der Waals surface area contributed by atoms with E-state index in [9.17, 15) is 8.42 Å². The van der Waals surface area contributed by atoms with Crippen molar-refractivity contribution < 1.29 is 8.42 Å². The molecule has 0 aliphatic carbocycles. The Morgan fingerprint density at radius 1 is 1.56 bits per heavy atom. The molecule has 0 aromatic heterocycles. The van der Waals surface area contributed by atoms with Crippen molar-refractivity contribution in [1.82, 2.24) is 4.90 Å². The van der Waals surface area contributed by atoms with Crippen LogP contribution in [0.1, 0.15) is 13.3 Å². The number of likely N-dealkylation sites (N-methyl/N-ethyl adjacent to an activating group) is 1. The number of hydrogen-bond donors (Lipinski definition) is 1. The second kappa shape index (κ2) is 5.25. The lowest BCUT2D eigenvalue weighted by atomic mass is 9.96. The zero-order chi connectivity index (χ0) is 12.4. The number of rotatable bonds is 5. The number of nitrogens with two attached hydrogens (primary N) is 1. The van der Waals surface area contributed by atoms with Crippen LogP contribution in [-0.4, -0.2) is 62.0 Å². The quantitative estimate of drug-likeness (QED) is 0.769. The lowest BCUT2D eigenvalue weighted by Crippen LogP contribution is -2.56. The average molecular weight is 266 g/mol. The summed E-state index contributed by atoms with van der Waals surface area (Å²) in [6, 6.07) is 0.354. The van der Waals surface area contributed by atoms with Crippen LogP contribution in [0.3, 0.4) is 0 Å². The van der Waals surface area contributed by atoms with Crippen LogP contribution in [-0.2, 0) is 9.84 Å². The Morgan fingerprint density at radius 3 is 2.56 bits per heavy atom. The molecule has 0 spiro atoms. The molecule has 1 aliphatic heterocycles. The van der Waals surface area contributed by atoms with Gasteiger partial charge in [0.1, 0.15) is 0 Å². The van der Waals surface area contributed by atoms with Crippen molar-refractivity contribution in [2.24, 2.45) is 5.73 Å². The summed E-state index contributed by atoms with van der Waals surface area (Å²) in [7, 11) is -0.893. The molecule has 1 rings (SSSR count). The Morgan fingerprint density at radius 2 is 2.19 bits per heavy atom. The SMILES string of the molecule is CSCC(C)N(C)C1(CN)CCS(=O)(=O)C1. The van der Waals surface area contributed by atoms with Crippen LogP contribution < -0.4 is 5.73 Å². The highest BCUT2D eigenvalue weighted by Crippen LogP contribution is 2.30. The van der Waals surface area contributed by atoms with Gasteiger partial charge in [0.15, 0.2) is 9.84 Å². The van der Waals surface area contributed by atoms with Crippen LogP contribution in [0.15, 0.2) is 0 Å². The van der Waals surface area contributed by atoms with Gasteiger partial charge < -0.3 is 5.73 Å². The van der Waals surface area contributed by atoms with Crippen LogP contribution in [0.2, 0.25) is 0 Å². The van der Waals surface area contributed by atoms with Crippen molar-refractivity contribution in [3.8, 4) is 0 Å². The van der Waals surface area contributed by atoms with E-state index in [1.807, 2.05) is 7.05 Å². The Balaban J connectivity index is 2.82. The van der Waals surface area contributed by atoms with E-state index >= 15 is 0 Å². The van der Waals surface area contributed by atoms with Crippen molar-refractivity contribution in [2.75, 3.05) is 37.1 Å². The summed E-state index contributed by atoms with van der Waals surface area (Å²) < 4.78 is 23.2. The third-order valence-corrected chi connectivity index (χ3v) is 6.18. The first-order valence-electron chi connectivity index (χ1n) is 5.49. The second-order valence-electron chi connectivity index (χ2n) is 4.69. The van der Waals surface area contributed by atoms with Crippen LogP contribution in [0.4, 0.5) is 0 Å². The van der Waals surface area contributed by atoms with Crippen LogP contribution in [0.5, 0.6) is 0 Å². The predicted octanol–water partition coefficient (Wildman–Crippen LogP) is 0.186. The van der Waals surface area contributed by atoms with E-state index in [1.54, 1.807) is 11.8 Å². The van der Waals surface area contributed by atoms with Crippen molar-refractivity contribution in [2.45, 2.75) is 24.9 Å². The van der Waals surface area contributed by atoms with Gasteiger partial charge >= 0.3 is 0 Å². The molecule has 0 aromatic rings. The third kappa shape index (κ3) is 2.91. The zero-order valence-corrected chi connectivity index (χ0v) is 11.9. The Labute approximate surface area is 103 Å². The smallest absolute Gasteiger partial charge is 0.152 e. The minimum atomic E-state index is -2.89. The van der Waals surface area contributed by atoms with E-state index in [2.05, 4.69) is 18.1 Å². The van der Waals surface area contributed by atoms with E-state index in [4.69, 9.17) is 5.73 Å². The lowest BCUT2D eigenvalue weighted by Gasteiger charge is -2.40. The van der Waals surface area contributed by atoms with E-state index in [-0.39, 0.29) is 17.0 Å². The first kappa shape index (κ1) is 14.3. The molecule has 4 nitrogen and oxygen atoms in total. The molecule has 2 N–H and O–H groups in total. The molecule has 1 saturated heterocycles. The van der Waals surface area contributed by atoms with E-state index < -0.39 is 9.84 Å². The number of thioether (sulfide) groups is 1. The number of sulfone groups is 1. The molecule has 1 fully saturated rings. The fourth-order valence-electron chi connectivity index (χ4n) is 2.30. The maximum Gasteiger partial charge on any atom is 0.152 e. The summed E-state index contributed by atoms with van der Waals surface area (Å²) in [5.41, 5.74) is 5.47. The van der Waals surface area contributed by atoms with Gasteiger partial charge in [0.2, 0.25) is 0 Å². The normalized spacial score (nSPS) is 30.8. The maximum absolute atomic E-state index is 11.6. The van der Waals surface area contributed by atoms with Crippen molar-refractivity contribution in [3.63, 3.8) is 0 Å². The van der Waals surface area contributed by atoms with Crippen LogP contribution >= 0.6 is 11.8 Å². The van der Waals surface area contributed by atoms with Gasteiger partial charge in [-0.15, -0.1) is 0 Å². The number of hydrogen-bond acceptors (Lipinski definition) is 5. The molecule has 0 amide bonds. The summed E-state index contributed by atoms with van der Waals surface area (Å²) in [6.45, 7) is 2.54. The summed E-state index contributed by atoms with van der Waals surface area (Å²) >= 11 is 1.77. The van der Waals surface area contributed by atoms with Crippen LogP contribution in [0, 0.1) is 0 Å². The Bertz CT molecular complexity index is 332. The van der Waals surface area contributed by atoms with Gasteiger partial charge in [-0.2, -0.15) is 11.8 Å². The largest absolute Gasteiger partial charge is 0.329 e. The molecule has 1 aliphatic rings. The van der Waals surface area contributed by atoms with Gasteiger partial charge in [-0.1, -0.05) is 0 Å². The van der Waals surface area contributed by atoms with Gasteiger partial charge in [0.05, 0.1) is 11.5 Å². The topological polar surface area (TPSA) is 63.4 Å². The van der Waals surface area contributed by atoms with Gasteiger partial charge in [0, 0.05) is 23.9 Å². The lowest BCUT2D eigenvalue weighted by molar-refractivity contribution is 0.117. The van der Waals surface area contributed by atoms with E-state index in [0.29, 0.717) is 19.0 Å². The first-order valence-corrected chi connectivity index (χ1v) is 8.71. The monoisotopic (exact) mass is 266 g/mol.